The molecule has 3 aromatic heterocycles. The number of aromatic nitrogens is 4. The lowest BCUT2D eigenvalue weighted by Gasteiger charge is -2.34. The maximum absolute atomic E-state index is 14.6. The molecule has 1 aliphatic rings. The summed E-state index contributed by atoms with van der Waals surface area (Å²) in [5.74, 6) is -0.786. The highest BCUT2D eigenvalue weighted by Gasteiger charge is 2.27. The first-order valence-corrected chi connectivity index (χ1v) is 10.3. The first kappa shape index (κ1) is 23.6. The third kappa shape index (κ3) is 4.89. The average molecular weight is 452 g/mol. The predicted octanol–water partition coefficient (Wildman–Crippen LogP) is 3.20. The Bertz CT molecular complexity index is 1190. The lowest BCUT2D eigenvalue weighted by Crippen LogP contribution is -2.50. The first-order valence-electron chi connectivity index (χ1n) is 10.3. The molecule has 4 rings (SSSR count). The molecule has 2 amide bonds. The molecule has 3 aromatic rings. The Morgan fingerprint density at radius 2 is 1.85 bits per heavy atom. The molecular formula is C23H25FN6O3. The van der Waals surface area contributed by atoms with E-state index in [1.165, 1.54) is 12.3 Å². The number of carbonyl (C=O) groups is 2. The molecule has 0 unspecified atom stereocenters. The Morgan fingerprint density at radius 3 is 2.45 bits per heavy atom. The Morgan fingerprint density at radius 1 is 1.18 bits per heavy atom. The fourth-order valence-electron chi connectivity index (χ4n) is 3.47. The van der Waals surface area contributed by atoms with Gasteiger partial charge in [0.25, 0.3) is 5.91 Å². The van der Waals surface area contributed by atoms with Gasteiger partial charge in [0, 0.05) is 48.9 Å². The molecule has 4 heterocycles. The lowest BCUT2D eigenvalue weighted by molar-refractivity contribution is -0.133. The zero-order valence-corrected chi connectivity index (χ0v) is 18.5. The molecule has 0 atom stereocenters. The molecule has 0 bridgehead atoms. The highest BCUT2D eigenvalue weighted by atomic mass is 19.1. The zero-order valence-electron chi connectivity index (χ0n) is 18.5. The van der Waals surface area contributed by atoms with Gasteiger partial charge in [0.05, 0.1) is 11.7 Å². The summed E-state index contributed by atoms with van der Waals surface area (Å²) in [5, 5.41) is 3.92. The van der Waals surface area contributed by atoms with Crippen molar-refractivity contribution in [2.45, 2.75) is 13.8 Å². The van der Waals surface area contributed by atoms with Crippen molar-refractivity contribution >= 4 is 28.3 Å². The summed E-state index contributed by atoms with van der Waals surface area (Å²) in [6.07, 6.45) is 8.66. The quantitative estimate of drug-likeness (QED) is 0.481. The molecule has 172 valence electrons. The number of rotatable bonds is 4. The number of hydrogen-bond donors (Lipinski definition) is 1. The Labute approximate surface area is 190 Å². The second-order valence-electron chi connectivity index (χ2n) is 7.17. The number of hydrogen-bond acceptors (Lipinski definition) is 6. The van der Waals surface area contributed by atoms with E-state index in [1.54, 1.807) is 28.9 Å². The highest BCUT2D eigenvalue weighted by molar-refractivity contribution is 6.22. The Kier molecular flexibility index (Phi) is 7.50. The maximum atomic E-state index is 14.6. The van der Waals surface area contributed by atoms with Crippen LogP contribution in [0.15, 0.2) is 54.7 Å². The standard InChI is InChI=1S/C20H19FN6O3.C3H6/c1-3-4-15(28)26-5-7-27(8-6-26)20(29)12(2)13-9-22-17-16(13)14(21)10-23-18(17)19-24-11-30-25-19;1-3-2/h3-4,9-11,22H,2,5-8H2,1H3;3H,1H2,2H3/b4-3+;. The largest absolute Gasteiger partial charge is 0.359 e. The second-order valence-corrected chi connectivity index (χ2v) is 7.17. The van der Waals surface area contributed by atoms with E-state index in [2.05, 4.69) is 33.3 Å². The molecule has 0 spiro atoms. The van der Waals surface area contributed by atoms with Gasteiger partial charge in [-0.3, -0.25) is 9.59 Å². The predicted molar refractivity (Wildman–Crippen MR) is 122 cm³/mol. The van der Waals surface area contributed by atoms with Crippen LogP contribution in [-0.2, 0) is 9.59 Å². The zero-order chi connectivity index (χ0) is 24.0. The van der Waals surface area contributed by atoms with Gasteiger partial charge >= 0.3 is 0 Å². The van der Waals surface area contributed by atoms with E-state index in [4.69, 9.17) is 4.52 Å². The molecule has 1 aliphatic heterocycles. The number of piperazine rings is 1. The van der Waals surface area contributed by atoms with E-state index in [-0.39, 0.29) is 28.6 Å². The molecule has 0 aromatic carbocycles. The van der Waals surface area contributed by atoms with E-state index >= 15 is 0 Å². The highest BCUT2D eigenvalue weighted by Crippen LogP contribution is 2.32. The van der Waals surface area contributed by atoms with Gasteiger partial charge in [0.15, 0.2) is 5.82 Å². The van der Waals surface area contributed by atoms with E-state index in [0.717, 1.165) is 12.6 Å². The van der Waals surface area contributed by atoms with Crippen molar-refractivity contribution in [3.05, 3.63) is 61.6 Å². The van der Waals surface area contributed by atoms with E-state index in [0.29, 0.717) is 43.0 Å². The number of pyridine rings is 1. The fraction of sp³-hybridized carbons (Fsp3) is 0.261. The summed E-state index contributed by atoms with van der Waals surface area (Å²) in [4.78, 5) is 39.2. The third-order valence-corrected chi connectivity index (χ3v) is 5.01. The summed E-state index contributed by atoms with van der Waals surface area (Å²) >= 11 is 0. The number of carbonyl (C=O) groups excluding carboxylic acids is 2. The summed E-state index contributed by atoms with van der Waals surface area (Å²) in [7, 11) is 0. The van der Waals surface area contributed by atoms with E-state index in [9.17, 15) is 14.0 Å². The van der Waals surface area contributed by atoms with Crippen LogP contribution in [0.1, 0.15) is 19.4 Å². The van der Waals surface area contributed by atoms with Gasteiger partial charge in [-0.15, -0.1) is 6.58 Å². The molecule has 1 fully saturated rings. The maximum Gasteiger partial charge on any atom is 0.254 e. The smallest absolute Gasteiger partial charge is 0.254 e. The number of aromatic amines is 1. The molecule has 0 radical (unpaired) electrons. The van der Waals surface area contributed by atoms with Gasteiger partial charge in [0.1, 0.15) is 5.69 Å². The van der Waals surface area contributed by atoms with Crippen molar-refractivity contribution < 1.29 is 18.5 Å². The van der Waals surface area contributed by atoms with Crippen molar-refractivity contribution in [3.63, 3.8) is 0 Å². The van der Waals surface area contributed by atoms with Gasteiger partial charge in [-0.05, 0) is 19.9 Å². The first-order chi connectivity index (χ1) is 15.9. The van der Waals surface area contributed by atoms with E-state index in [1.807, 2.05) is 6.92 Å². The van der Waals surface area contributed by atoms with Crippen LogP contribution in [0.4, 0.5) is 4.39 Å². The number of H-pyrrole nitrogens is 1. The SMILES string of the molecule is C=C(C(=O)N1CCN(C(=O)/C=C/C)CC1)c1c[nH]c2c(-c3ncon3)ncc(F)c12.C=CC. The number of halogens is 1. The summed E-state index contributed by atoms with van der Waals surface area (Å²) < 4.78 is 19.4. The van der Waals surface area contributed by atoms with Crippen molar-refractivity contribution in [2.24, 2.45) is 0 Å². The van der Waals surface area contributed by atoms with Gasteiger partial charge in [-0.1, -0.05) is 23.9 Å². The minimum atomic E-state index is -0.593. The van der Waals surface area contributed by atoms with Crippen LogP contribution in [0.2, 0.25) is 0 Å². The number of nitrogens with one attached hydrogen (secondary N) is 1. The molecule has 1 saturated heterocycles. The lowest BCUT2D eigenvalue weighted by atomic mass is 10.0. The molecule has 1 N–H and O–H groups in total. The minimum absolute atomic E-state index is 0.0800. The van der Waals surface area contributed by atoms with Crippen LogP contribution in [0.5, 0.6) is 0 Å². The average Bonchev–Trinajstić information content (AvgIpc) is 3.50. The number of fused-ring (bicyclic) bond motifs is 1. The van der Waals surface area contributed by atoms with Crippen molar-refractivity contribution in [1.29, 1.82) is 0 Å². The van der Waals surface area contributed by atoms with Crippen molar-refractivity contribution in [1.82, 2.24) is 29.9 Å². The molecule has 10 heteroatoms. The van der Waals surface area contributed by atoms with Crippen LogP contribution in [0.25, 0.3) is 28.0 Å². The van der Waals surface area contributed by atoms with Gasteiger partial charge in [-0.2, -0.15) is 4.98 Å². The van der Waals surface area contributed by atoms with E-state index < -0.39 is 5.82 Å². The number of allylic oxidation sites excluding steroid dienone is 2. The summed E-state index contributed by atoms with van der Waals surface area (Å²) in [5.41, 5.74) is 1.15. The van der Waals surface area contributed by atoms with Crippen LogP contribution in [0.3, 0.4) is 0 Å². The second kappa shape index (κ2) is 10.5. The fourth-order valence-corrected chi connectivity index (χ4v) is 3.47. The topological polar surface area (TPSA) is 108 Å². The minimum Gasteiger partial charge on any atom is -0.359 e. The Balaban J connectivity index is 0.000000968. The van der Waals surface area contributed by atoms with Gasteiger partial charge in [0.2, 0.25) is 18.1 Å². The summed E-state index contributed by atoms with van der Waals surface area (Å²) in [6.45, 7) is 12.5. The van der Waals surface area contributed by atoms with Crippen LogP contribution < -0.4 is 0 Å². The Hall–Kier alpha value is -4.08. The van der Waals surface area contributed by atoms with Crippen molar-refractivity contribution in [2.75, 3.05) is 26.2 Å². The molecule has 0 aliphatic carbocycles. The molecular weight excluding hydrogens is 427 g/mol. The monoisotopic (exact) mass is 452 g/mol. The number of nitrogens with zero attached hydrogens (tertiary/aromatic N) is 5. The third-order valence-electron chi connectivity index (χ3n) is 5.01. The van der Waals surface area contributed by atoms with Crippen LogP contribution in [-0.4, -0.2) is 67.9 Å². The number of amides is 2. The van der Waals surface area contributed by atoms with Crippen LogP contribution >= 0.6 is 0 Å². The van der Waals surface area contributed by atoms with Crippen molar-refractivity contribution in [3.8, 4) is 11.5 Å². The summed E-state index contributed by atoms with van der Waals surface area (Å²) in [6, 6.07) is 0. The van der Waals surface area contributed by atoms with Crippen LogP contribution in [0, 0.1) is 5.82 Å². The molecule has 33 heavy (non-hydrogen) atoms. The van der Waals surface area contributed by atoms with Gasteiger partial charge in [-0.25, -0.2) is 9.37 Å². The van der Waals surface area contributed by atoms with Gasteiger partial charge < -0.3 is 19.3 Å². The normalized spacial score (nSPS) is 13.7. The molecule has 9 nitrogen and oxygen atoms in total. The molecule has 0 saturated carbocycles.